The molecular weight excluding hydrogens is 400 g/mol. The van der Waals surface area contributed by atoms with Crippen LogP contribution in [0.5, 0.6) is 0 Å². The van der Waals surface area contributed by atoms with Gasteiger partial charge in [0.25, 0.3) is 5.56 Å². The Balaban J connectivity index is 1.99. The lowest BCUT2D eigenvalue weighted by atomic mass is 10.2. The molecule has 0 atom stereocenters. The molecular formula is C23H24N2O4S. The smallest absolute Gasteiger partial charge is 0.270 e. The number of sulfone groups is 1. The predicted octanol–water partition coefficient (Wildman–Crippen LogP) is 3.55. The number of benzene rings is 2. The number of hydrogen-bond acceptors (Lipinski definition) is 4. The molecule has 0 unspecified atom stereocenters. The average molecular weight is 425 g/mol. The van der Waals surface area contributed by atoms with Gasteiger partial charge in [-0.05, 0) is 63.6 Å². The standard InChI is InChI=1S/C23H24N2O4S/c1-15-5-9-19(10-6-15)24-21(26)14-25-18(4)13-17(3)22(23(25)27)30(28,29)20-11-7-16(2)8-12-20/h5-13H,14H2,1-4H3,(H,24,26). The van der Waals surface area contributed by atoms with Crippen LogP contribution in [0.3, 0.4) is 0 Å². The second kappa shape index (κ2) is 8.28. The number of aryl methyl sites for hydroxylation is 4. The van der Waals surface area contributed by atoms with Crippen LogP contribution in [0.15, 0.2) is 69.2 Å². The van der Waals surface area contributed by atoms with Gasteiger partial charge in [0.2, 0.25) is 15.7 Å². The summed E-state index contributed by atoms with van der Waals surface area (Å²) in [6, 6.07) is 15.2. The topological polar surface area (TPSA) is 85.2 Å². The number of nitrogens with zero attached hydrogens (tertiary/aromatic N) is 1. The molecule has 1 amide bonds. The summed E-state index contributed by atoms with van der Waals surface area (Å²) in [7, 11) is -4.02. The SMILES string of the molecule is Cc1ccc(NC(=O)Cn2c(C)cc(C)c(S(=O)(=O)c3ccc(C)cc3)c2=O)cc1. The van der Waals surface area contributed by atoms with Crippen LogP contribution in [-0.2, 0) is 21.2 Å². The van der Waals surface area contributed by atoms with Crippen molar-refractivity contribution in [3.63, 3.8) is 0 Å². The average Bonchev–Trinajstić information content (AvgIpc) is 2.67. The van der Waals surface area contributed by atoms with E-state index >= 15 is 0 Å². The van der Waals surface area contributed by atoms with E-state index in [-0.39, 0.29) is 16.3 Å². The van der Waals surface area contributed by atoms with E-state index in [0.29, 0.717) is 16.9 Å². The zero-order chi connectivity index (χ0) is 22.1. The Morgan fingerprint density at radius 2 is 1.43 bits per heavy atom. The number of nitrogens with one attached hydrogen (secondary N) is 1. The second-order valence-corrected chi connectivity index (χ2v) is 9.31. The minimum atomic E-state index is -4.02. The Morgan fingerprint density at radius 3 is 2.00 bits per heavy atom. The van der Waals surface area contributed by atoms with E-state index in [9.17, 15) is 18.0 Å². The van der Waals surface area contributed by atoms with Gasteiger partial charge in [0, 0.05) is 11.4 Å². The van der Waals surface area contributed by atoms with Gasteiger partial charge < -0.3 is 9.88 Å². The summed E-state index contributed by atoms with van der Waals surface area (Å²) < 4.78 is 27.5. The first kappa shape index (κ1) is 21.5. The fraction of sp³-hybridized carbons (Fsp3) is 0.217. The Morgan fingerprint density at radius 1 is 0.900 bits per heavy atom. The van der Waals surface area contributed by atoms with E-state index in [4.69, 9.17) is 0 Å². The normalized spacial score (nSPS) is 11.3. The maximum absolute atomic E-state index is 13.1. The number of aromatic nitrogens is 1. The van der Waals surface area contributed by atoms with E-state index in [1.807, 2.05) is 26.0 Å². The molecule has 3 aromatic rings. The van der Waals surface area contributed by atoms with Crippen LogP contribution in [0, 0.1) is 27.7 Å². The Kier molecular flexibility index (Phi) is 5.94. The maximum Gasteiger partial charge on any atom is 0.270 e. The summed E-state index contributed by atoms with van der Waals surface area (Å²) in [6.45, 7) is 6.78. The van der Waals surface area contributed by atoms with Crippen molar-refractivity contribution in [1.29, 1.82) is 0 Å². The van der Waals surface area contributed by atoms with Gasteiger partial charge in [0.15, 0.2) is 0 Å². The Bertz CT molecular complexity index is 1260. The van der Waals surface area contributed by atoms with E-state index in [1.54, 1.807) is 44.2 Å². The largest absolute Gasteiger partial charge is 0.325 e. The molecule has 0 bridgehead atoms. The van der Waals surface area contributed by atoms with Gasteiger partial charge in [-0.25, -0.2) is 8.42 Å². The molecule has 0 saturated heterocycles. The van der Waals surface area contributed by atoms with Crippen molar-refractivity contribution in [3.05, 3.63) is 87.3 Å². The Hall–Kier alpha value is -3.19. The zero-order valence-electron chi connectivity index (χ0n) is 17.4. The lowest BCUT2D eigenvalue weighted by Crippen LogP contribution is -2.33. The summed E-state index contributed by atoms with van der Waals surface area (Å²) in [5.74, 6) is -0.411. The van der Waals surface area contributed by atoms with Crippen LogP contribution < -0.4 is 10.9 Å². The van der Waals surface area contributed by atoms with Gasteiger partial charge in [0.1, 0.15) is 11.4 Å². The molecule has 0 fully saturated rings. The van der Waals surface area contributed by atoms with Gasteiger partial charge in [-0.2, -0.15) is 0 Å². The number of carbonyl (C=O) groups is 1. The minimum Gasteiger partial charge on any atom is -0.325 e. The first-order chi connectivity index (χ1) is 14.1. The third kappa shape index (κ3) is 4.36. The highest BCUT2D eigenvalue weighted by Crippen LogP contribution is 2.22. The lowest BCUT2D eigenvalue weighted by molar-refractivity contribution is -0.116. The van der Waals surface area contributed by atoms with Crippen LogP contribution in [-0.4, -0.2) is 18.9 Å². The molecule has 0 radical (unpaired) electrons. The highest BCUT2D eigenvalue weighted by atomic mass is 32.2. The van der Waals surface area contributed by atoms with Crippen molar-refractivity contribution in [2.24, 2.45) is 0 Å². The first-order valence-corrected chi connectivity index (χ1v) is 11.0. The van der Waals surface area contributed by atoms with E-state index < -0.39 is 21.3 Å². The molecule has 0 aliphatic rings. The third-order valence-corrected chi connectivity index (χ3v) is 6.81. The van der Waals surface area contributed by atoms with Crippen molar-refractivity contribution in [3.8, 4) is 0 Å². The molecule has 0 saturated carbocycles. The summed E-state index contributed by atoms with van der Waals surface area (Å²) in [4.78, 5) is 25.4. The number of amides is 1. The number of pyridine rings is 1. The first-order valence-electron chi connectivity index (χ1n) is 9.49. The zero-order valence-corrected chi connectivity index (χ0v) is 18.2. The predicted molar refractivity (Wildman–Crippen MR) is 117 cm³/mol. The Labute approximate surface area is 176 Å². The van der Waals surface area contributed by atoms with Crippen LogP contribution >= 0.6 is 0 Å². The van der Waals surface area contributed by atoms with Gasteiger partial charge in [0.05, 0.1) is 4.90 Å². The summed E-state index contributed by atoms with van der Waals surface area (Å²) in [5, 5.41) is 2.73. The highest BCUT2D eigenvalue weighted by Gasteiger charge is 2.26. The molecule has 1 N–H and O–H groups in total. The van der Waals surface area contributed by atoms with Crippen molar-refractivity contribution in [2.75, 3.05) is 5.32 Å². The van der Waals surface area contributed by atoms with Crippen molar-refractivity contribution in [2.45, 2.75) is 44.0 Å². The number of carbonyl (C=O) groups excluding carboxylic acids is 1. The molecule has 2 aromatic carbocycles. The molecule has 156 valence electrons. The number of hydrogen-bond donors (Lipinski definition) is 1. The van der Waals surface area contributed by atoms with Gasteiger partial charge in [-0.1, -0.05) is 35.4 Å². The minimum absolute atomic E-state index is 0.0489. The van der Waals surface area contributed by atoms with Gasteiger partial charge in [-0.15, -0.1) is 0 Å². The van der Waals surface area contributed by atoms with Crippen molar-refractivity contribution in [1.82, 2.24) is 4.57 Å². The molecule has 0 aliphatic carbocycles. The lowest BCUT2D eigenvalue weighted by Gasteiger charge is -2.15. The molecule has 3 rings (SSSR count). The van der Waals surface area contributed by atoms with Crippen LogP contribution in [0.2, 0.25) is 0 Å². The van der Waals surface area contributed by atoms with Crippen LogP contribution in [0.1, 0.15) is 22.4 Å². The van der Waals surface area contributed by atoms with E-state index in [1.165, 1.54) is 16.7 Å². The van der Waals surface area contributed by atoms with Crippen molar-refractivity contribution < 1.29 is 13.2 Å². The fourth-order valence-electron chi connectivity index (χ4n) is 3.25. The number of anilines is 1. The molecule has 1 aromatic heterocycles. The van der Waals surface area contributed by atoms with Crippen LogP contribution in [0.4, 0.5) is 5.69 Å². The van der Waals surface area contributed by atoms with Gasteiger partial charge in [-0.3, -0.25) is 9.59 Å². The highest BCUT2D eigenvalue weighted by molar-refractivity contribution is 7.91. The molecule has 0 aliphatic heterocycles. The molecule has 30 heavy (non-hydrogen) atoms. The molecule has 1 heterocycles. The fourth-order valence-corrected chi connectivity index (χ4v) is 4.80. The molecule has 7 heteroatoms. The summed E-state index contributed by atoms with van der Waals surface area (Å²) in [5.41, 5.74) is 2.75. The second-order valence-electron chi connectivity index (χ2n) is 7.42. The maximum atomic E-state index is 13.1. The summed E-state index contributed by atoms with van der Waals surface area (Å²) in [6.07, 6.45) is 0. The monoisotopic (exact) mass is 424 g/mol. The molecule has 6 nitrogen and oxygen atoms in total. The molecule has 0 spiro atoms. The number of rotatable bonds is 5. The quantitative estimate of drug-likeness (QED) is 0.679. The van der Waals surface area contributed by atoms with Gasteiger partial charge >= 0.3 is 0 Å². The van der Waals surface area contributed by atoms with Crippen molar-refractivity contribution >= 4 is 21.4 Å². The third-order valence-electron chi connectivity index (χ3n) is 4.89. The van der Waals surface area contributed by atoms with E-state index in [0.717, 1.165) is 11.1 Å². The summed E-state index contributed by atoms with van der Waals surface area (Å²) >= 11 is 0. The van der Waals surface area contributed by atoms with E-state index in [2.05, 4.69) is 5.32 Å². The van der Waals surface area contributed by atoms with Crippen LogP contribution in [0.25, 0.3) is 0 Å².